The zero-order valence-corrected chi connectivity index (χ0v) is 21.3. The number of non-ortho nitro benzene ring substituents is 1. The number of nitrogens with zero attached hydrogens (tertiary/aromatic N) is 2. The third kappa shape index (κ3) is 10.6. The second-order valence-corrected chi connectivity index (χ2v) is 9.13. The van der Waals surface area contributed by atoms with Crippen molar-refractivity contribution in [3.8, 4) is 0 Å². The van der Waals surface area contributed by atoms with E-state index in [4.69, 9.17) is 4.74 Å². The molecule has 0 aromatic heterocycles. The van der Waals surface area contributed by atoms with Crippen LogP contribution in [0.25, 0.3) is 6.08 Å². The van der Waals surface area contributed by atoms with E-state index >= 15 is 0 Å². The maximum absolute atomic E-state index is 12.8. The van der Waals surface area contributed by atoms with Gasteiger partial charge in [-0.15, -0.1) is 0 Å². The molecule has 1 aliphatic heterocycles. The topological polar surface area (TPSA) is 119 Å². The van der Waals surface area contributed by atoms with Gasteiger partial charge in [-0.05, 0) is 18.1 Å². The highest BCUT2D eigenvalue weighted by atomic mass is 16.6. The van der Waals surface area contributed by atoms with Crippen molar-refractivity contribution in [1.29, 1.82) is 0 Å². The van der Waals surface area contributed by atoms with Crippen molar-refractivity contribution in [2.24, 2.45) is 0 Å². The molecule has 0 aliphatic carbocycles. The lowest BCUT2D eigenvalue weighted by molar-refractivity contribution is -0.384. The molecule has 36 heavy (non-hydrogen) atoms. The molecule has 1 unspecified atom stereocenters. The van der Waals surface area contributed by atoms with E-state index in [-0.39, 0.29) is 18.7 Å². The minimum atomic E-state index is -0.943. The summed E-state index contributed by atoms with van der Waals surface area (Å²) in [4.78, 5) is 49.3. The first-order valence-corrected chi connectivity index (χ1v) is 13.1. The fourth-order valence-electron chi connectivity index (χ4n) is 4.18. The molecule has 1 aromatic carbocycles. The number of amides is 2. The molecule has 0 saturated carbocycles. The van der Waals surface area contributed by atoms with Gasteiger partial charge in [-0.1, -0.05) is 76.8 Å². The fourth-order valence-corrected chi connectivity index (χ4v) is 4.18. The van der Waals surface area contributed by atoms with Crippen molar-refractivity contribution in [3.05, 3.63) is 46.0 Å². The van der Waals surface area contributed by atoms with Gasteiger partial charge < -0.3 is 15.0 Å². The highest BCUT2D eigenvalue weighted by Crippen LogP contribution is 2.16. The SMILES string of the molecule is CCCCCCCCCCCCOC(=O)CC1C(=O)NCCN1C(=O)/C=C/c1cccc([N+](=O)[O-])c1. The number of nitro groups is 1. The Morgan fingerprint density at radius 1 is 1.11 bits per heavy atom. The molecule has 2 amide bonds. The van der Waals surface area contributed by atoms with Gasteiger partial charge in [0.2, 0.25) is 11.8 Å². The lowest BCUT2D eigenvalue weighted by atomic mass is 10.1. The lowest BCUT2D eigenvalue weighted by Crippen LogP contribution is -2.57. The molecule has 2 rings (SSSR count). The van der Waals surface area contributed by atoms with Crippen LogP contribution in [-0.4, -0.2) is 53.3 Å². The number of hydrogen-bond acceptors (Lipinski definition) is 6. The molecule has 9 heteroatoms. The first-order chi connectivity index (χ1) is 17.4. The predicted molar refractivity (Wildman–Crippen MR) is 138 cm³/mol. The summed E-state index contributed by atoms with van der Waals surface area (Å²) < 4.78 is 5.32. The molecular formula is C27H39N3O6. The molecule has 9 nitrogen and oxygen atoms in total. The fraction of sp³-hybridized carbons (Fsp3) is 0.593. The quantitative estimate of drug-likeness (QED) is 0.114. The third-order valence-electron chi connectivity index (χ3n) is 6.23. The lowest BCUT2D eigenvalue weighted by Gasteiger charge is -2.33. The van der Waals surface area contributed by atoms with Gasteiger partial charge in [-0.25, -0.2) is 0 Å². The van der Waals surface area contributed by atoms with Gasteiger partial charge in [0.15, 0.2) is 0 Å². The molecule has 0 radical (unpaired) electrons. The van der Waals surface area contributed by atoms with Crippen molar-refractivity contribution >= 4 is 29.5 Å². The third-order valence-corrected chi connectivity index (χ3v) is 6.23. The van der Waals surface area contributed by atoms with E-state index in [1.807, 2.05) is 0 Å². The van der Waals surface area contributed by atoms with E-state index in [2.05, 4.69) is 12.2 Å². The summed E-state index contributed by atoms with van der Waals surface area (Å²) in [6.45, 7) is 3.08. The van der Waals surface area contributed by atoms with Crippen LogP contribution in [0.2, 0.25) is 0 Å². The van der Waals surface area contributed by atoms with Crippen LogP contribution in [-0.2, 0) is 19.1 Å². The van der Waals surface area contributed by atoms with Crippen molar-refractivity contribution in [3.63, 3.8) is 0 Å². The molecule has 0 spiro atoms. The van der Waals surface area contributed by atoms with E-state index < -0.39 is 28.7 Å². The monoisotopic (exact) mass is 501 g/mol. The number of esters is 1. The van der Waals surface area contributed by atoms with Gasteiger partial charge in [0.25, 0.3) is 5.69 Å². The maximum Gasteiger partial charge on any atom is 0.308 e. The molecule has 1 N–H and O–H groups in total. The minimum absolute atomic E-state index is 0.0787. The summed E-state index contributed by atoms with van der Waals surface area (Å²) in [5, 5.41) is 13.6. The van der Waals surface area contributed by atoms with Gasteiger partial charge in [0, 0.05) is 31.3 Å². The molecule has 1 heterocycles. The molecule has 1 aromatic rings. The molecule has 1 aliphatic rings. The van der Waals surface area contributed by atoms with Crippen LogP contribution in [0.15, 0.2) is 30.3 Å². The van der Waals surface area contributed by atoms with Crippen LogP contribution in [0.3, 0.4) is 0 Å². The van der Waals surface area contributed by atoms with Gasteiger partial charge in [-0.3, -0.25) is 24.5 Å². The van der Waals surface area contributed by atoms with Crippen LogP contribution in [0.4, 0.5) is 5.69 Å². The first kappa shape index (κ1) is 29.0. The Hall–Kier alpha value is -3.23. The maximum atomic E-state index is 12.8. The second-order valence-electron chi connectivity index (χ2n) is 9.13. The Labute approximate surface area is 213 Å². The zero-order valence-electron chi connectivity index (χ0n) is 21.3. The highest BCUT2D eigenvalue weighted by Gasteiger charge is 2.34. The molecule has 0 bridgehead atoms. The number of hydrogen-bond donors (Lipinski definition) is 1. The van der Waals surface area contributed by atoms with Gasteiger partial charge in [-0.2, -0.15) is 0 Å². The van der Waals surface area contributed by atoms with E-state index in [9.17, 15) is 24.5 Å². The van der Waals surface area contributed by atoms with Crippen molar-refractivity contribution < 1.29 is 24.0 Å². The smallest absolute Gasteiger partial charge is 0.308 e. The first-order valence-electron chi connectivity index (χ1n) is 13.1. The number of carbonyl (C=O) groups is 3. The Balaban J connectivity index is 1.74. The average molecular weight is 502 g/mol. The molecular weight excluding hydrogens is 462 g/mol. The highest BCUT2D eigenvalue weighted by molar-refractivity contribution is 5.97. The standard InChI is InChI=1S/C27H39N3O6/c1-2-3-4-5-6-7-8-9-10-11-19-36-26(32)21-24-27(33)28-17-18-29(24)25(31)16-15-22-13-12-14-23(20-22)30(34)35/h12-16,20,24H,2-11,17-19,21H2,1H3,(H,28,33)/b16-15+. The van der Waals surface area contributed by atoms with Crippen molar-refractivity contribution in [2.75, 3.05) is 19.7 Å². The average Bonchev–Trinajstić information content (AvgIpc) is 2.87. The molecule has 1 atom stereocenters. The Bertz CT molecular complexity index is 901. The van der Waals surface area contributed by atoms with Crippen LogP contribution in [0.1, 0.15) is 83.1 Å². The Kier molecular flexibility index (Phi) is 13.2. The molecule has 198 valence electrons. The number of rotatable bonds is 16. The summed E-state index contributed by atoms with van der Waals surface area (Å²) in [6, 6.07) is 4.95. The van der Waals surface area contributed by atoms with E-state index in [0.717, 1.165) is 19.3 Å². The summed E-state index contributed by atoms with van der Waals surface area (Å²) in [6.07, 6.45) is 14.4. The van der Waals surface area contributed by atoms with Crippen LogP contribution >= 0.6 is 0 Å². The number of carbonyl (C=O) groups excluding carboxylic acids is 3. The summed E-state index contributed by atoms with van der Waals surface area (Å²) in [5.41, 5.74) is 0.413. The van der Waals surface area contributed by atoms with Crippen LogP contribution in [0.5, 0.6) is 0 Å². The van der Waals surface area contributed by atoms with Crippen molar-refractivity contribution in [2.45, 2.75) is 83.6 Å². The summed E-state index contributed by atoms with van der Waals surface area (Å²) in [7, 11) is 0. The van der Waals surface area contributed by atoms with Gasteiger partial charge in [0.05, 0.1) is 18.0 Å². The molecule has 1 fully saturated rings. The number of piperazine rings is 1. The van der Waals surface area contributed by atoms with E-state index in [0.29, 0.717) is 18.7 Å². The van der Waals surface area contributed by atoms with Gasteiger partial charge >= 0.3 is 5.97 Å². The minimum Gasteiger partial charge on any atom is -0.466 e. The zero-order chi connectivity index (χ0) is 26.2. The number of nitro benzene ring substituents is 1. The Morgan fingerprint density at radius 3 is 2.44 bits per heavy atom. The normalized spacial score (nSPS) is 15.6. The van der Waals surface area contributed by atoms with E-state index in [1.165, 1.54) is 80.2 Å². The predicted octanol–water partition coefficient (Wildman–Crippen LogP) is 4.79. The number of unbranched alkanes of at least 4 members (excludes halogenated alkanes) is 9. The number of ether oxygens (including phenoxy) is 1. The van der Waals surface area contributed by atoms with E-state index in [1.54, 1.807) is 6.07 Å². The summed E-state index contributed by atoms with van der Waals surface area (Å²) in [5.74, 6) is -1.34. The number of benzene rings is 1. The Morgan fingerprint density at radius 2 is 1.78 bits per heavy atom. The molecule has 1 saturated heterocycles. The largest absolute Gasteiger partial charge is 0.466 e. The number of nitrogens with one attached hydrogen (secondary N) is 1. The van der Waals surface area contributed by atoms with Crippen LogP contribution in [0, 0.1) is 10.1 Å². The van der Waals surface area contributed by atoms with Gasteiger partial charge in [0.1, 0.15) is 6.04 Å². The van der Waals surface area contributed by atoms with Crippen LogP contribution < -0.4 is 5.32 Å². The van der Waals surface area contributed by atoms with Crippen molar-refractivity contribution in [1.82, 2.24) is 10.2 Å². The summed E-state index contributed by atoms with van der Waals surface area (Å²) >= 11 is 0. The second kappa shape index (κ2) is 16.4.